The van der Waals surface area contributed by atoms with Crippen molar-refractivity contribution in [3.05, 3.63) is 35.6 Å². The van der Waals surface area contributed by atoms with Crippen molar-refractivity contribution in [3.8, 4) is 0 Å². The molecule has 25 heavy (non-hydrogen) atoms. The molecule has 1 aromatic rings. The Morgan fingerprint density at radius 3 is 2.84 bits per heavy atom. The second kappa shape index (κ2) is 8.42. The van der Waals surface area contributed by atoms with Crippen LogP contribution < -0.4 is 0 Å². The van der Waals surface area contributed by atoms with E-state index in [0.29, 0.717) is 18.5 Å². The summed E-state index contributed by atoms with van der Waals surface area (Å²) >= 11 is 0. The normalized spacial score (nSPS) is 19.4. The predicted molar refractivity (Wildman–Crippen MR) is 93.6 cm³/mol. The number of oxime groups is 1. The van der Waals surface area contributed by atoms with Crippen molar-refractivity contribution in [2.45, 2.75) is 26.3 Å². The van der Waals surface area contributed by atoms with Gasteiger partial charge in [-0.05, 0) is 30.0 Å². The van der Waals surface area contributed by atoms with Gasteiger partial charge in [0.15, 0.2) is 16.4 Å². The molecule has 0 spiro atoms. The van der Waals surface area contributed by atoms with Crippen molar-refractivity contribution in [1.82, 2.24) is 4.90 Å². The third-order valence-corrected chi connectivity index (χ3v) is 5.59. The molecule has 0 aromatic heterocycles. The molecule has 0 N–H and O–H groups in total. The van der Waals surface area contributed by atoms with Crippen LogP contribution in [0.15, 0.2) is 29.4 Å². The van der Waals surface area contributed by atoms with E-state index in [4.69, 9.17) is 4.84 Å². The highest BCUT2D eigenvalue weighted by atomic mass is 32.2. The number of nitrogens with zero attached hydrogens (tertiary/aromatic N) is 2. The van der Waals surface area contributed by atoms with Gasteiger partial charge < -0.3 is 9.74 Å². The lowest BCUT2D eigenvalue weighted by Gasteiger charge is -2.29. The Kier molecular flexibility index (Phi) is 6.52. The molecule has 0 radical (unpaired) electrons. The van der Waals surface area contributed by atoms with E-state index in [1.54, 1.807) is 17.0 Å². The standard InChI is InChI=1S/C17H23FN2O4S/c1-13(2)10-20(16-6-7-25(22,23)12-16)17(21)11-24-19-9-14-4-3-5-15(18)8-14/h3-5,8-9,13,16H,6-7,10-12H2,1-2H3/b19-9-/t16-/m0/s1. The highest BCUT2D eigenvalue weighted by Gasteiger charge is 2.34. The van der Waals surface area contributed by atoms with Crippen molar-refractivity contribution in [2.75, 3.05) is 24.7 Å². The molecule has 0 saturated carbocycles. The highest BCUT2D eigenvalue weighted by molar-refractivity contribution is 7.91. The summed E-state index contributed by atoms with van der Waals surface area (Å²) in [6, 6.07) is 5.51. The number of rotatable bonds is 7. The molecule has 1 aromatic carbocycles. The summed E-state index contributed by atoms with van der Waals surface area (Å²) in [5.74, 6) is -0.364. The zero-order valence-corrected chi connectivity index (χ0v) is 15.2. The van der Waals surface area contributed by atoms with Crippen LogP contribution in [0.5, 0.6) is 0 Å². The van der Waals surface area contributed by atoms with Gasteiger partial charge in [0.05, 0.1) is 17.7 Å². The van der Waals surface area contributed by atoms with E-state index in [9.17, 15) is 17.6 Å². The van der Waals surface area contributed by atoms with Crippen molar-refractivity contribution < 1.29 is 22.4 Å². The summed E-state index contributed by atoms with van der Waals surface area (Å²) in [4.78, 5) is 19.0. The number of sulfone groups is 1. The Labute approximate surface area is 147 Å². The molecule has 1 aliphatic rings. The third kappa shape index (κ3) is 6.12. The molecular formula is C17H23FN2O4S. The minimum Gasteiger partial charge on any atom is -0.386 e. The van der Waals surface area contributed by atoms with Crippen molar-refractivity contribution in [2.24, 2.45) is 11.1 Å². The second-order valence-corrected chi connectivity index (χ2v) is 8.79. The monoisotopic (exact) mass is 370 g/mol. The molecule has 0 bridgehead atoms. The Balaban J connectivity index is 1.93. The summed E-state index contributed by atoms with van der Waals surface area (Å²) in [5, 5.41) is 3.68. The van der Waals surface area contributed by atoms with E-state index in [0.717, 1.165) is 0 Å². The molecule has 1 aliphatic heterocycles. The Morgan fingerprint density at radius 1 is 1.48 bits per heavy atom. The van der Waals surface area contributed by atoms with Gasteiger partial charge in [-0.3, -0.25) is 4.79 Å². The van der Waals surface area contributed by atoms with Gasteiger partial charge in [-0.25, -0.2) is 12.8 Å². The van der Waals surface area contributed by atoms with Gasteiger partial charge in [-0.2, -0.15) is 0 Å². The molecule has 1 fully saturated rings. The van der Waals surface area contributed by atoms with Crippen LogP contribution in [-0.4, -0.2) is 56.1 Å². The van der Waals surface area contributed by atoms with Gasteiger partial charge in [0.25, 0.3) is 5.91 Å². The number of hydrogen-bond acceptors (Lipinski definition) is 5. The first-order valence-corrected chi connectivity index (χ1v) is 10.00. The molecule has 6 nitrogen and oxygen atoms in total. The van der Waals surface area contributed by atoms with Crippen molar-refractivity contribution >= 4 is 22.0 Å². The summed E-state index contributed by atoms with van der Waals surface area (Å²) < 4.78 is 36.4. The van der Waals surface area contributed by atoms with Crippen LogP contribution in [0.1, 0.15) is 25.8 Å². The number of hydrogen-bond donors (Lipinski definition) is 0. The van der Waals surface area contributed by atoms with Crippen LogP contribution in [0.4, 0.5) is 4.39 Å². The Hall–Kier alpha value is -1.96. The zero-order chi connectivity index (χ0) is 18.4. The molecule has 1 atom stereocenters. The van der Waals surface area contributed by atoms with E-state index < -0.39 is 9.84 Å². The molecular weight excluding hydrogens is 347 g/mol. The Morgan fingerprint density at radius 2 is 2.24 bits per heavy atom. The lowest BCUT2D eigenvalue weighted by molar-refractivity contribution is -0.138. The minimum absolute atomic E-state index is 0.00196. The van der Waals surface area contributed by atoms with E-state index >= 15 is 0 Å². The maximum absolute atomic E-state index is 13.1. The van der Waals surface area contributed by atoms with Gasteiger partial charge in [0.1, 0.15) is 5.82 Å². The average molecular weight is 370 g/mol. The fraction of sp³-hybridized carbons (Fsp3) is 0.529. The van der Waals surface area contributed by atoms with Crippen molar-refractivity contribution in [1.29, 1.82) is 0 Å². The summed E-state index contributed by atoms with van der Waals surface area (Å²) in [6.45, 7) is 4.12. The number of carbonyl (C=O) groups excluding carboxylic acids is 1. The molecule has 0 aliphatic carbocycles. The zero-order valence-electron chi connectivity index (χ0n) is 14.4. The summed E-state index contributed by atoms with van der Waals surface area (Å²) in [5.41, 5.74) is 0.522. The smallest absolute Gasteiger partial charge is 0.263 e. The number of carbonyl (C=O) groups is 1. The fourth-order valence-electron chi connectivity index (χ4n) is 2.73. The van der Waals surface area contributed by atoms with Crippen LogP contribution in [0.3, 0.4) is 0 Å². The van der Waals surface area contributed by atoms with Crippen molar-refractivity contribution in [3.63, 3.8) is 0 Å². The van der Waals surface area contributed by atoms with E-state index in [1.165, 1.54) is 18.3 Å². The lowest BCUT2D eigenvalue weighted by atomic mass is 10.1. The van der Waals surface area contributed by atoms with E-state index in [2.05, 4.69) is 5.16 Å². The van der Waals surface area contributed by atoms with Gasteiger partial charge in [0, 0.05) is 12.6 Å². The summed E-state index contributed by atoms with van der Waals surface area (Å²) in [6.07, 6.45) is 1.77. The molecule has 138 valence electrons. The minimum atomic E-state index is -3.07. The predicted octanol–water partition coefficient (Wildman–Crippen LogP) is 1.85. The van der Waals surface area contributed by atoms with Crippen LogP contribution in [-0.2, 0) is 19.5 Å². The first kappa shape index (κ1) is 19.4. The number of halogens is 1. The number of benzene rings is 1. The topological polar surface area (TPSA) is 76.0 Å². The van der Waals surface area contributed by atoms with Crippen LogP contribution >= 0.6 is 0 Å². The lowest BCUT2D eigenvalue weighted by Crippen LogP contribution is -2.44. The summed E-state index contributed by atoms with van der Waals surface area (Å²) in [7, 11) is -3.07. The van der Waals surface area contributed by atoms with E-state index in [-0.39, 0.29) is 41.8 Å². The Bertz CT molecular complexity index is 734. The van der Waals surface area contributed by atoms with Gasteiger partial charge >= 0.3 is 0 Å². The van der Waals surface area contributed by atoms with Crippen LogP contribution in [0.25, 0.3) is 0 Å². The largest absolute Gasteiger partial charge is 0.386 e. The molecule has 1 heterocycles. The van der Waals surface area contributed by atoms with Gasteiger partial charge in [-0.15, -0.1) is 0 Å². The third-order valence-electron chi connectivity index (χ3n) is 3.84. The first-order chi connectivity index (χ1) is 11.8. The molecule has 2 rings (SSSR count). The quantitative estimate of drug-likeness (QED) is 0.542. The maximum Gasteiger partial charge on any atom is 0.263 e. The van der Waals surface area contributed by atoms with E-state index in [1.807, 2.05) is 13.8 Å². The average Bonchev–Trinajstić information content (AvgIpc) is 2.88. The molecule has 1 saturated heterocycles. The SMILES string of the molecule is CC(C)CN(C(=O)CO/N=C\c1cccc(F)c1)[C@H]1CCS(=O)(=O)C1. The van der Waals surface area contributed by atoms with Crippen LogP contribution in [0.2, 0.25) is 0 Å². The highest BCUT2D eigenvalue weighted by Crippen LogP contribution is 2.19. The molecule has 1 amide bonds. The van der Waals surface area contributed by atoms with Gasteiger partial charge in [0.2, 0.25) is 0 Å². The molecule has 8 heteroatoms. The van der Waals surface area contributed by atoms with Crippen LogP contribution in [0, 0.1) is 11.7 Å². The number of amides is 1. The molecule has 0 unspecified atom stereocenters. The second-order valence-electron chi connectivity index (χ2n) is 6.56. The fourth-order valence-corrected chi connectivity index (χ4v) is 4.46. The van der Waals surface area contributed by atoms with Gasteiger partial charge in [-0.1, -0.05) is 31.1 Å². The first-order valence-electron chi connectivity index (χ1n) is 8.17. The maximum atomic E-state index is 13.1.